The van der Waals surface area contributed by atoms with Crippen molar-refractivity contribution >= 4 is 8.60 Å². The van der Waals surface area contributed by atoms with Crippen molar-refractivity contribution in [3.8, 4) is 0 Å². The van der Waals surface area contributed by atoms with Crippen LogP contribution < -0.4 is 0 Å². The maximum atomic E-state index is 7.23. The van der Waals surface area contributed by atoms with Crippen LogP contribution in [0.15, 0.2) is 30.3 Å². The Morgan fingerprint density at radius 3 is 1.36 bits per heavy atom. The number of benzene rings is 1. The fourth-order valence-corrected chi connectivity index (χ4v) is 0.342. The molecule has 5 heteroatoms. The Labute approximate surface area is 79.5 Å². The fraction of sp³-hybridized carbons (Fsp3) is 0. The van der Waals surface area contributed by atoms with Crippen LogP contribution in [0.3, 0.4) is 0 Å². The Hall–Kier alpha value is 0.153. The van der Waals surface area contributed by atoms with E-state index in [1.807, 2.05) is 30.3 Å². The van der Waals surface area contributed by atoms with Crippen molar-refractivity contribution in [3.05, 3.63) is 36.4 Å². The molecule has 0 radical (unpaired) electrons. The minimum atomic E-state index is -2.62. The molecule has 1 aromatic carbocycles. The molecule has 0 atom stereocenters. The summed E-state index contributed by atoms with van der Waals surface area (Å²) in [5.74, 6) is 0. The second kappa shape index (κ2) is 10.2. The molecule has 1 rings (SSSR count). The molecule has 0 aliphatic heterocycles. The van der Waals surface area contributed by atoms with Gasteiger partial charge in [-0.05, 0) is 0 Å². The van der Waals surface area contributed by atoms with Crippen LogP contribution in [0.5, 0.6) is 0 Å². The Morgan fingerprint density at radius 1 is 0.909 bits per heavy atom. The molecule has 0 saturated heterocycles. The molecule has 11 heavy (non-hydrogen) atoms. The third-order valence-corrected chi connectivity index (χ3v) is 0.607. The summed E-state index contributed by atoms with van der Waals surface area (Å²) >= 11 is 0. The maximum Gasteiger partial charge on any atom is 0.324 e. The minimum Gasteiger partial charge on any atom is -0.328 e. The Balaban J connectivity index is 0. The Morgan fingerprint density at radius 2 is 1.27 bits per heavy atom. The van der Waals surface area contributed by atoms with Crippen LogP contribution in [-0.4, -0.2) is 14.7 Å². The summed E-state index contributed by atoms with van der Waals surface area (Å²) in [7, 11) is -2.62. The minimum absolute atomic E-state index is 0. The van der Waals surface area contributed by atoms with Crippen molar-refractivity contribution in [2.45, 2.75) is 0 Å². The van der Waals surface area contributed by atoms with E-state index >= 15 is 0 Å². The molecule has 0 aromatic heterocycles. The molecule has 0 spiro atoms. The van der Waals surface area contributed by atoms with Crippen molar-refractivity contribution < 1.29 is 34.2 Å². The zero-order chi connectivity index (χ0) is 7.82. The second-order valence-electron chi connectivity index (χ2n) is 1.35. The van der Waals surface area contributed by atoms with Crippen molar-refractivity contribution in [2.75, 3.05) is 0 Å². The largest absolute Gasteiger partial charge is 0.328 e. The van der Waals surface area contributed by atoms with Gasteiger partial charge in [-0.3, -0.25) is 0 Å². The first-order valence-corrected chi connectivity index (χ1v) is 3.71. The first-order chi connectivity index (χ1) is 4.73. The van der Waals surface area contributed by atoms with Crippen molar-refractivity contribution in [3.63, 3.8) is 0 Å². The van der Waals surface area contributed by atoms with Gasteiger partial charge in [0, 0.05) is 19.5 Å². The molecule has 0 amide bonds. The van der Waals surface area contributed by atoms with Gasteiger partial charge in [-0.1, -0.05) is 0 Å². The van der Waals surface area contributed by atoms with Gasteiger partial charge in [-0.25, -0.2) is 0 Å². The third kappa shape index (κ3) is 17.8. The summed E-state index contributed by atoms with van der Waals surface area (Å²) in [6.45, 7) is 0. The van der Waals surface area contributed by atoms with Gasteiger partial charge in [0.15, 0.2) is 0 Å². The fourth-order valence-electron chi connectivity index (χ4n) is 0.342. The van der Waals surface area contributed by atoms with E-state index in [0.717, 1.165) is 0 Å². The standard InChI is InChI=1S/C6H5.H3O3P.Zn/c1-2-4-6-5-3-1;1-4(2)3;/h1-5H;1-3H;/q-1;;. The van der Waals surface area contributed by atoms with Gasteiger partial charge < -0.3 is 14.7 Å². The van der Waals surface area contributed by atoms with Crippen molar-refractivity contribution in [2.24, 2.45) is 0 Å². The molecule has 3 N–H and O–H groups in total. The monoisotopic (exact) mass is 223 g/mol. The molecule has 0 saturated carbocycles. The normalized spacial score (nSPS) is 7.64. The van der Waals surface area contributed by atoms with E-state index < -0.39 is 8.60 Å². The molecule has 0 heterocycles. The van der Waals surface area contributed by atoms with Gasteiger partial charge in [0.25, 0.3) is 0 Å². The zero-order valence-electron chi connectivity index (χ0n) is 5.88. The number of hydrogen-bond donors (Lipinski definition) is 3. The van der Waals surface area contributed by atoms with Crippen LogP contribution >= 0.6 is 8.60 Å². The summed E-state index contributed by atoms with van der Waals surface area (Å²) in [6, 6.07) is 12.5. The van der Waals surface area contributed by atoms with Gasteiger partial charge in [0.1, 0.15) is 0 Å². The number of hydrogen-bond acceptors (Lipinski definition) is 3. The van der Waals surface area contributed by atoms with Crippen LogP contribution in [0.25, 0.3) is 0 Å². The van der Waals surface area contributed by atoms with Crippen LogP contribution in [-0.2, 0) is 19.5 Å². The topological polar surface area (TPSA) is 60.7 Å². The van der Waals surface area contributed by atoms with E-state index in [4.69, 9.17) is 14.7 Å². The first-order valence-electron chi connectivity index (χ1n) is 2.51. The van der Waals surface area contributed by atoms with E-state index in [9.17, 15) is 0 Å². The van der Waals surface area contributed by atoms with E-state index in [1.54, 1.807) is 0 Å². The quantitative estimate of drug-likeness (QED) is 0.345. The molecule has 1 aromatic rings. The Kier molecular flexibility index (Phi) is 12.7. The van der Waals surface area contributed by atoms with E-state index in [2.05, 4.69) is 6.07 Å². The summed E-state index contributed by atoms with van der Waals surface area (Å²) in [6.07, 6.45) is 0. The van der Waals surface area contributed by atoms with Gasteiger partial charge in [-0.2, -0.15) is 36.4 Å². The van der Waals surface area contributed by atoms with E-state index in [-0.39, 0.29) is 19.5 Å². The van der Waals surface area contributed by atoms with Gasteiger partial charge in [-0.15, -0.1) is 0 Å². The first kappa shape index (κ1) is 13.7. The van der Waals surface area contributed by atoms with Crippen LogP contribution in [0, 0.1) is 6.07 Å². The predicted molar refractivity (Wildman–Crippen MR) is 38.9 cm³/mol. The average molecular weight is 224 g/mol. The summed E-state index contributed by atoms with van der Waals surface area (Å²) in [4.78, 5) is 21.7. The molecule has 0 fully saturated rings. The smallest absolute Gasteiger partial charge is 0.324 e. The zero-order valence-corrected chi connectivity index (χ0v) is 9.74. The summed E-state index contributed by atoms with van der Waals surface area (Å²) in [5, 5.41) is 0. The molecule has 0 bridgehead atoms. The average Bonchev–Trinajstić information content (AvgIpc) is 1.90. The van der Waals surface area contributed by atoms with Gasteiger partial charge >= 0.3 is 8.60 Å². The van der Waals surface area contributed by atoms with Crippen LogP contribution in [0.4, 0.5) is 0 Å². The number of rotatable bonds is 0. The summed E-state index contributed by atoms with van der Waals surface area (Å²) < 4.78 is 0. The van der Waals surface area contributed by atoms with E-state index in [1.165, 1.54) is 0 Å². The van der Waals surface area contributed by atoms with Crippen molar-refractivity contribution in [1.29, 1.82) is 0 Å². The van der Waals surface area contributed by atoms with E-state index in [0.29, 0.717) is 0 Å². The molecule has 0 aliphatic carbocycles. The maximum absolute atomic E-state index is 7.23. The molecule has 0 unspecified atom stereocenters. The Bertz CT molecular complexity index is 118. The molecule has 3 nitrogen and oxygen atoms in total. The summed E-state index contributed by atoms with van der Waals surface area (Å²) in [5.41, 5.74) is 0. The molecule has 58 valence electrons. The SMILES string of the molecule is OP(O)O.[Zn].[c-]1ccccc1. The molecule has 0 aliphatic rings. The predicted octanol–water partition coefficient (Wildman–Crippen LogP) is 0.674. The van der Waals surface area contributed by atoms with Crippen LogP contribution in [0.1, 0.15) is 0 Å². The second-order valence-corrected chi connectivity index (χ2v) is 1.88. The molecular weight excluding hydrogens is 216 g/mol. The van der Waals surface area contributed by atoms with Crippen molar-refractivity contribution in [1.82, 2.24) is 0 Å². The third-order valence-electron chi connectivity index (χ3n) is 0.607. The van der Waals surface area contributed by atoms with Gasteiger partial charge in [0.2, 0.25) is 0 Å². The molecular formula is C6H8O3PZn-. The van der Waals surface area contributed by atoms with Gasteiger partial charge in [0.05, 0.1) is 0 Å². The van der Waals surface area contributed by atoms with Crippen LogP contribution in [0.2, 0.25) is 0 Å².